The molecule has 0 aromatic carbocycles. The molecule has 86 valence electrons. The third-order valence-corrected chi connectivity index (χ3v) is 3.32. The first-order valence-electron chi connectivity index (χ1n) is 4.63. The zero-order valence-corrected chi connectivity index (χ0v) is 10.2. The van der Waals surface area contributed by atoms with E-state index in [1.54, 1.807) is 0 Å². The molecule has 0 bridgehead atoms. The number of aryl methyl sites for hydroxylation is 1. The molecule has 16 heavy (non-hydrogen) atoms. The molecular weight excluding hydrogens is 226 g/mol. The van der Waals surface area contributed by atoms with Crippen LogP contribution in [0, 0.1) is 13.8 Å². The van der Waals surface area contributed by atoms with Gasteiger partial charge >= 0.3 is 5.97 Å². The summed E-state index contributed by atoms with van der Waals surface area (Å²) >= 11 is 1.35. The van der Waals surface area contributed by atoms with E-state index in [0.29, 0.717) is 10.6 Å². The first-order chi connectivity index (χ1) is 7.51. The minimum Gasteiger partial charge on any atom is -0.465 e. The molecule has 0 fully saturated rings. The Morgan fingerprint density at radius 1 is 1.44 bits per heavy atom. The van der Waals surface area contributed by atoms with Crippen LogP contribution in [0.5, 0.6) is 0 Å². The van der Waals surface area contributed by atoms with E-state index in [4.69, 9.17) is 0 Å². The summed E-state index contributed by atoms with van der Waals surface area (Å²) in [6.07, 6.45) is 1.16. The predicted octanol–water partition coefficient (Wildman–Crippen LogP) is 2.28. The maximum Gasteiger partial charge on any atom is 0.341 e. The molecule has 0 atom stereocenters. The van der Waals surface area contributed by atoms with E-state index in [9.17, 15) is 9.59 Å². The molecule has 1 N–H and O–H groups in total. The Labute approximate surface area is 97.9 Å². The molecule has 0 radical (unpaired) electrons. The van der Waals surface area contributed by atoms with Crippen molar-refractivity contribution in [2.75, 3.05) is 12.4 Å². The number of hydrogen-bond donors (Lipinski definition) is 1. The number of carbonyl (C=O) groups is 2. The summed E-state index contributed by atoms with van der Waals surface area (Å²) in [5.41, 5.74) is 1.25. The van der Waals surface area contributed by atoms with Crippen LogP contribution < -0.4 is 5.32 Å². The minimum atomic E-state index is -0.443. The zero-order valence-electron chi connectivity index (χ0n) is 9.42. The van der Waals surface area contributed by atoms with Crippen molar-refractivity contribution in [2.45, 2.75) is 13.8 Å². The van der Waals surface area contributed by atoms with Gasteiger partial charge in [0, 0.05) is 4.88 Å². The van der Waals surface area contributed by atoms with Crippen LogP contribution in [-0.2, 0) is 9.53 Å². The van der Waals surface area contributed by atoms with Crippen molar-refractivity contribution < 1.29 is 14.3 Å². The maximum atomic E-state index is 11.5. The molecule has 1 heterocycles. The van der Waals surface area contributed by atoms with Crippen LogP contribution in [0.4, 0.5) is 5.00 Å². The minimum absolute atomic E-state index is 0.341. The van der Waals surface area contributed by atoms with Crippen molar-refractivity contribution in [1.29, 1.82) is 0 Å². The first kappa shape index (κ1) is 12.4. The number of hydrogen-bond acceptors (Lipinski definition) is 4. The number of carbonyl (C=O) groups excluding carboxylic acids is 2. The Kier molecular flexibility index (Phi) is 3.84. The van der Waals surface area contributed by atoms with Crippen LogP contribution in [0.3, 0.4) is 0 Å². The summed E-state index contributed by atoms with van der Waals surface area (Å²) in [6.45, 7) is 7.06. The van der Waals surface area contributed by atoms with Crippen LogP contribution in [0.15, 0.2) is 12.7 Å². The Morgan fingerprint density at radius 3 is 2.56 bits per heavy atom. The summed E-state index contributed by atoms with van der Waals surface area (Å²) in [4.78, 5) is 23.7. The Balaban J connectivity index is 3.18. The van der Waals surface area contributed by atoms with E-state index in [-0.39, 0.29) is 5.91 Å². The van der Waals surface area contributed by atoms with Crippen molar-refractivity contribution in [2.24, 2.45) is 0 Å². The van der Waals surface area contributed by atoms with Crippen LogP contribution >= 0.6 is 11.3 Å². The summed E-state index contributed by atoms with van der Waals surface area (Å²) in [7, 11) is 1.31. The Hall–Kier alpha value is -1.62. The van der Waals surface area contributed by atoms with Gasteiger partial charge in [-0.1, -0.05) is 6.58 Å². The summed E-state index contributed by atoms with van der Waals surface area (Å²) < 4.78 is 4.68. The van der Waals surface area contributed by atoms with Gasteiger partial charge in [0.15, 0.2) is 0 Å². The van der Waals surface area contributed by atoms with Crippen molar-refractivity contribution in [3.8, 4) is 0 Å². The highest BCUT2D eigenvalue weighted by Gasteiger charge is 2.20. The highest BCUT2D eigenvalue weighted by molar-refractivity contribution is 7.16. The number of nitrogens with one attached hydrogen (secondary N) is 1. The topological polar surface area (TPSA) is 55.4 Å². The number of anilines is 1. The highest BCUT2D eigenvalue weighted by Crippen LogP contribution is 2.32. The molecule has 0 aliphatic rings. The van der Waals surface area contributed by atoms with Crippen LogP contribution in [0.25, 0.3) is 0 Å². The van der Waals surface area contributed by atoms with Gasteiger partial charge in [0.1, 0.15) is 5.00 Å². The SMILES string of the molecule is C=CC(=O)Nc1sc(C)c(C)c1C(=O)OC. The molecule has 0 saturated heterocycles. The third kappa shape index (κ3) is 2.30. The van der Waals surface area contributed by atoms with E-state index in [1.165, 1.54) is 18.4 Å². The molecule has 0 aliphatic carbocycles. The van der Waals surface area contributed by atoms with Crippen molar-refractivity contribution >= 4 is 28.2 Å². The van der Waals surface area contributed by atoms with Crippen LogP contribution in [0.2, 0.25) is 0 Å². The molecule has 1 aromatic rings. The molecule has 1 aromatic heterocycles. The van der Waals surface area contributed by atoms with Crippen molar-refractivity contribution in [3.63, 3.8) is 0 Å². The number of ether oxygens (including phenoxy) is 1. The molecule has 1 rings (SSSR count). The quantitative estimate of drug-likeness (QED) is 0.650. The molecule has 1 amide bonds. The number of thiophene rings is 1. The van der Waals surface area contributed by atoms with Gasteiger partial charge in [-0.2, -0.15) is 0 Å². The van der Waals surface area contributed by atoms with Crippen molar-refractivity contribution in [1.82, 2.24) is 0 Å². The molecular formula is C11H13NO3S. The van der Waals surface area contributed by atoms with E-state index in [0.717, 1.165) is 16.5 Å². The second-order valence-corrected chi connectivity index (χ2v) is 4.40. The van der Waals surface area contributed by atoms with Gasteiger partial charge in [0.2, 0.25) is 5.91 Å². The lowest BCUT2D eigenvalue weighted by atomic mass is 10.1. The second kappa shape index (κ2) is 4.94. The van der Waals surface area contributed by atoms with Crippen LogP contribution in [-0.4, -0.2) is 19.0 Å². The fourth-order valence-corrected chi connectivity index (χ4v) is 2.28. The first-order valence-corrected chi connectivity index (χ1v) is 5.44. The molecule has 5 heteroatoms. The smallest absolute Gasteiger partial charge is 0.341 e. The number of methoxy groups -OCH3 is 1. The summed E-state index contributed by atoms with van der Waals surface area (Å²) in [5, 5.41) is 3.10. The lowest BCUT2D eigenvalue weighted by molar-refractivity contribution is -0.111. The summed E-state index contributed by atoms with van der Waals surface area (Å²) in [5.74, 6) is -0.785. The van der Waals surface area contributed by atoms with Crippen LogP contribution in [0.1, 0.15) is 20.8 Å². The zero-order chi connectivity index (χ0) is 12.3. The Bertz CT molecular complexity index is 448. The second-order valence-electron chi connectivity index (χ2n) is 3.17. The largest absolute Gasteiger partial charge is 0.465 e. The molecule has 0 aliphatic heterocycles. The number of amides is 1. The van der Waals surface area contributed by atoms with E-state index >= 15 is 0 Å². The summed E-state index contributed by atoms with van der Waals surface area (Å²) in [6, 6.07) is 0. The van der Waals surface area contributed by atoms with Gasteiger partial charge in [-0.25, -0.2) is 4.79 Å². The third-order valence-electron chi connectivity index (χ3n) is 2.20. The highest BCUT2D eigenvalue weighted by atomic mass is 32.1. The predicted molar refractivity (Wildman–Crippen MR) is 64.0 cm³/mol. The van der Waals surface area contributed by atoms with Gasteiger partial charge in [-0.3, -0.25) is 4.79 Å². The van der Waals surface area contributed by atoms with E-state index < -0.39 is 5.97 Å². The normalized spacial score (nSPS) is 9.69. The van der Waals surface area contributed by atoms with Gasteiger partial charge < -0.3 is 10.1 Å². The average molecular weight is 239 g/mol. The lowest BCUT2D eigenvalue weighted by Crippen LogP contribution is -2.11. The fraction of sp³-hybridized carbons (Fsp3) is 0.273. The fourth-order valence-electron chi connectivity index (χ4n) is 1.23. The average Bonchev–Trinajstić information content (AvgIpc) is 2.53. The maximum absolute atomic E-state index is 11.5. The Morgan fingerprint density at radius 2 is 2.06 bits per heavy atom. The molecule has 0 unspecified atom stereocenters. The standard InChI is InChI=1S/C11H13NO3S/c1-5-8(13)12-10-9(11(14)15-4)6(2)7(3)16-10/h5H,1H2,2-4H3,(H,12,13). The van der Waals surface area contributed by atoms with Gasteiger partial charge in [0.25, 0.3) is 0 Å². The van der Waals surface area contributed by atoms with E-state index in [2.05, 4.69) is 16.6 Å². The molecule has 0 spiro atoms. The monoisotopic (exact) mass is 239 g/mol. The number of rotatable bonds is 3. The van der Waals surface area contributed by atoms with Gasteiger partial charge in [-0.05, 0) is 25.5 Å². The number of esters is 1. The van der Waals surface area contributed by atoms with E-state index in [1.807, 2.05) is 13.8 Å². The van der Waals surface area contributed by atoms with Gasteiger partial charge in [0.05, 0.1) is 12.7 Å². The lowest BCUT2D eigenvalue weighted by Gasteiger charge is -2.03. The molecule has 0 saturated carbocycles. The molecule has 4 nitrogen and oxygen atoms in total. The van der Waals surface area contributed by atoms with Crippen molar-refractivity contribution in [3.05, 3.63) is 28.7 Å². The van der Waals surface area contributed by atoms with Gasteiger partial charge in [-0.15, -0.1) is 11.3 Å².